The maximum Gasteiger partial charge on any atom is 1.00 e. The number of rotatable bonds is 2. The van der Waals surface area contributed by atoms with Gasteiger partial charge in [-0.3, -0.25) is 5.43 Å². The fraction of sp³-hybridized carbons (Fsp3) is 0.125. The SMILES string of the molecule is O=S(=O)([O-])c1cccc(C2N=NNC2=S)c1.[Na+]. The first-order chi connectivity index (χ1) is 7.48. The average molecular weight is 279 g/mol. The van der Waals surface area contributed by atoms with Crippen LogP contribution in [0.15, 0.2) is 39.5 Å². The van der Waals surface area contributed by atoms with Gasteiger partial charge in [0.1, 0.15) is 21.1 Å². The van der Waals surface area contributed by atoms with Crippen molar-refractivity contribution >= 4 is 27.3 Å². The van der Waals surface area contributed by atoms with E-state index < -0.39 is 16.2 Å². The van der Waals surface area contributed by atoms with Crippen LogP contribution in [0.3, 0.4) is 0 Å². The van der Waals surface area contributed by atoms with E-state index in [1.807, 2.05) is 0 Å². The molecule has 0 aromatic heterocycles. The van der Waals surface area contributed by atoms with Gasteiger partial charge in [0.15, 0.2) is 0 Å². The molecule has 1 atom stereocenters. The minimum Gasteiger partial charge on any atom is -0.744 e. The maximum atomic E-state index is 10.8. The van der Waals surface area contributed by atoms with Crippen molar-refractivity contribution in [2.24, 2.45) is 10.3 Å². The van der Waals surface area contributed by atoms with Gasteiger partial charge < -0.3 is 4.55 Å². The Morgan fingerprint density at radius 1 is 1.41 bits per heavy atom. The maximum absolute atomic E-state index is 10.8. The van der Waals surface area contributed by atoms with Crippen LogP contribution in [0.5, 0.6) is 0 Å². The Kier molecular flexibility index (Phi) is 4.76. The first-order valence-corrected chi connectivity index (χ1v) is 6.06. The molecule has 1 aromatic carbocycles. The van der Waals surface area contributed by atoms with Gasteiger partial charge in [-0.1, -0.05) is 29.6 Å². The van der Waals surface area contributed by atoms with Crippen molar-refractivity contribution in [3.8, 4) is 0 Å². The van der Waals surface area contributed by atoms with E-state index in [4.69, 9.17) is 12.2 Å². The third-order valence-electron chi connectivity index (χ3n) is 2.04. The monoisotopic (exact) mass is 279 g/mol. The van der Waals surface area contributed by atoms with Crippen LogP contribution >= 0.6 is 12.2 Å². The van der Waals surface area contributed by atoms with Gasteiger partial charge in [-0.05, 0) is 17.7 Å². The van der Waals surface area contributed by atoms with Crippen molar-refractivity contribution < 1.29 is 42.5 Å². The van der Waals surface area contributed by atoms with Gasteiger partial charge in [-0.15, -0.1) is 0 Å². The Hall–Kier alpha value is -0.380. The Balaban J connectivity index is 0.00000144. The van der Waals surface area contributed by atoms with E-state index in [0.717, 1.165) is 0 Å². The number of benzene rings is 1. The second kappa shape index (κ2) is 5.51. The molecule has 0 fully saturated rings. The third kappa shape index (κ3) is 3.30. The van der Waals surface area contributed by atoms with Crippen LogP contribution in [0, 0.1) is 0 Å². The van der Waals surface area contributed by atoms with Gasteiger partial charge in [0.2, 0.25) is 0 Å². The van der Waals surface area contributed by atoms with E-state index in [1.165, 1.54) is 18.2 Å². The minimum atomic E-state index is -4.46. The van der Waals surface area contributed by atoms with Crippen LogP contribution in [0.2, 0.25) is 0 Å². The van der Waals surface area contributed by atoms with Crippen LogP contribution in [0.4, 0.5) is 0 Å². The van der Waals surface area contributed by atoms with Crippen LogP contribution in [-0.2, 0) is 10.1 Å². The first-order valence-electron chi connectivity index (χ1n) is 4.24. The van der Waals surface area contributed by atoms with Gasteiger partial charge in [0, 0.05) is 0 Å². The van der Waals surface area contributed by atoms with Crippen molar-refractivity contribution in [3.63, 3.8) is 0 Å². The molecule has 0 radical (unpaired) electrons. The van der Waals surface area contributed by atoms with Crippen molar-refractivity contribution in [2.45, 2.75) is 10.9 Å². The zero-order chi connectivity index (χ0) is 11.8. The predicted molar refractivity (Wildman–Crippen MR) is 57.7 cm³/mol. The summed E-state index contributed by atoms with van der Waals surface area (Å²) >= 11 is 4.93. The van der Waals surface area contributed by atoms with E-state index in [1.54, 1.807) is 6.07 Å². The summed E-state index contributed by atoms with van der Waals surface area (Å²) in [4.78, 5) is 0.0790. The average Bonchev–Trinajstić information content (AvgIpc) is 2.63. The Morgan fingerprint density at radius 2 is 2.12 bits per heavy atom. The van der Waals surface area contributed by atoms with Crippen molar-refractivity contribution in [3.05, 3.63) is 29.8 Å². The van der Waals surface area contributed by atoms with E-state index in [2.05, 4.69) is 15.8 Å². The molecule has 0 amide bonds. The van der Waals surface area contributed by atoms with Gasteiger partial charge >= 0.3 is 29.6 Å². The largest absolute Gasteiger partial charge is 1.00 e. The third-order valence-corrected chi connectivity index (χ3v) is 3.19. The van der Waals surface area contributed by atoms with Gasteiger partial charge in [-0.2, -0.15) is 5.11 Å². The summed E-state index contributed by atoms with van der Waals surface area (Å²) in [7, 11) is -4.46. The molecule has 84 valence electrons. The summed E-state index contributed by atoms with van der Waals surface area (Å²) in [6, 6.07) is 5.07. The van der Waals surface area contributed by atoms with E-state index in [0.29, 0.717) is 10.6 Å². The molecule has 1 aromatic rings. The molecule has 17 heavy (non-hydrogen) atoms. The topological polar surface area (TPSA) is 94.0 Å². The number of thiocarbonyl (C=S) groups is 1. The molecule has 1 aliphatic heterocycles. The number of hydrogen-bond acceptors (Lipinski definition) is 6. The molecule has 1 unspecified atom stereocenters. The molecular weight excluding hydrogens is 273 g/mol. The summed E-state index contributed by atoms with van der Waals surface area (Å²) in [5, 5.41) is 7.31. The summed E-state index contributed by atoms with van der Waals surface area (Å²) < 4.78 is 32.5. The first kappa shape index (κ1) is 14.7. The van der Waals surface area contributed by atoms with Crippen LogP contribution in [0.25, 0.3) is 0 Å². The number of nitrogens with zero attached hydrogens (tertiary/aromatic N) is 2. The molecule has 6 nitrogen and oxygen atoms in total. The van der Waals surface area contributed by atoms with Gasteiger partial charge in [0.05, 0.1) is 4.90 Å². The van der Waals surface area contributed by atoms with Crippen LogP contribution in [0.1, 0.15) is 11.6 Å². The molecule has 0 saturated heterocycles. The van der Waals surface area contributed by atoms with Crippen LogP contribution in [-0.4, -0.2) is 18.0 Å². The zero-order valence-corrected chi connectivity index (χ0v) is 12.5. The van der Waals surface area contributed by atoms with E-state index in [9.17, 15) is 13.0 Å². The molecule has 2 rings (SSSR count). The smallest absolute Gasteiger partial charge is 0.744 e. The Labute approximate surface area is 126 Å². The summed E-state index contributed by atoms with van der Waals surface area (Å²) in [6.45, 7) is 0. The molecule has 0 spiro atoms. The van der Waals surface area contributed by atoms with E-state index >= 15 is 0 Å². The fourth-order valence-corrected chi connectivity index (χ4v) is 2.06. The molecule has 9 heteroatoms. The van der Waals surface area contributed by atoms with Crippen molar-refractivity contribution in [2.75, 3.05) is 0 Å². The van der Waals surface area contributed by atoms with Crippen molar-refractivity contribution in [1.29, 1.82) is 0 Å². The van der Waals surface area contributed by atoms with E-state index in [-0.39, 0.29) is 34.5 Å². The minimum absolute atomic E-state index is 0. The molecule has 1 heterocycles. The predicted octanol–water partition coefficient (Wildman–Crippen LogP) is -2.07. The normalized spacial score (nSPS) is 18.6. The summed E-state index contributed by atoms with van der Waals surface area (Å²) in [5.74, 6) is 0. The molecule has 0 saturated carbocycles. The molecular formula is C8H6N3NaO3S2. The number of hydrogen-bond donors (Lipinski definition) is 1. The second-order valence-electron chi connectivity index (χ2n) is 3.12. The standard InChI is InChI=1S/C8H7N3O3S2.Na/c12-16(13,14)6-3-1-2-5(4-6)7-8(15)10-11-9-7;/h1-4,7H,(H,9,10,15)(H,12,13,14);/q;+1/p-1. The Bertz CT molecular complexity index is 573. The van der Waals surface area contributed by atoms with Crippen molar-refractivity contribution in [1.82, 2.24) is 5.43 Å². The zero-order valence-electron chi connectivity index (χ0n) is 8.82. The fourth-order valence-electron chi connectivity index (χ4n) is 1.31. The summed E-state index contributed by atoms with van der Waals surface area (Å²) in [6.07, 6.45) is 0. The molecule has 0 bridgehead atoms. The molecule has 1 N–H and O–H groups in total. The molecule has 1 aliphatic rings. The quantitative estimate of drug-likeness (QED) is 0.381. The second-order valence-corrected chi connectivity index (χ2v) is 4.94. The summed E-state index contributed by atoms with van der Waals surface area (Å²) in [5.41, 5.74) is 3.01. The number of nitrogens with one attached hydrogen (secondary N) is 1. The van der Waals surface area contributed by atoms with Gasteiger partial charge in [-0.25, -0.2) is 8.42 Å². The Morgan fingerprint density at radius 3 is 2.65 bits per heavy atom. The van der Waals surface area contributed by atoms with Gasteiger partial charge in [0.25, 0.3) is 0 Å². The molecule has 0 aliphatic carbocycles. The van der Waals surface area contributed by atoms with Crippen LogP contribution < -0.4 is 35.0 Å².